The van der Waals surface area contributed by atoms with Gasteiger partial charge in [-0.15, -0.1) is 0 Å². The maximum Gasteiger partial charge on any atom is 0.438 e. The molecule has 170 valence electrons. The molecule has 0 unspecified atom stereocenters. The van der Waals surface area contributed by atoms with Gasteiger partial charge in [-0.3, -0.25) is 4.55 Å². The van der Waals surface area contributed by atoms with Gasteiger partial charge < -0.3 is 4.74 Å². The second-order valence-corrected chi connectivity index (χ2v) is 8.18. The van der Waals surface area contributed by atoms with Crippen LogP contribution in [0.15, 0.2) is 0 Å². The van der Waals surface area contributed by atoms with Crippen molar-refractivity contribution in [3.8, 4) is 0 Å². The fraction of sp³-hybridized carbons (Fsp3) is 0.562. The van der Waals surface area contributed by atoms with Crippen LogP contribution in [0.25, 0.3) is 0 Å². The van der Waals surface area contributed by atoms with Crippen molar-refractivity contribution >= 4 is 55.3 Å². The number of benzene rings is 1. The number of rotatable bonds is 9. The second kappa shape index (κ2) is 10.4. The number of esters is 1. The van der Waals surface area contributed by atoms with Crippen molar-refractivity contribution in [3.63, 3.8) is 0 Å². The molecule has 0 fully saturated rings. The van der Waals surface area contributed by atoms with Crippen LogP contribution in [0, 0.1) is 0 Å². The van der Waals surface area contributed by atoms with Gasteiger partial charge >= 0.3 is 23.9 Å². The monoisotopic (exact) mass is 486 g/mol. The number of carbonyl (C=O) groups is 1. The lowest BCUT2D eigenvalue weighted by molar-refractivity contribution is -0.356. The average molecular weight is 485 g/mol. The SMILES string of the molecule is [B]Cc1c(C[B])c(C[B])c(C(=O)OC(CS(=O)(=O)O)(C(F)(F)F)C(F)(F)F)c(C[B])c1C[B]. The van der Waals surface area contributed by atoms with E-state index in [-0.39, 0.29) is 46.8 Å². The van der Waals surface area contributed by atoms with Crippen LogP contribution in [0.2, 0.25) is 0 Å². The van der Waals surface area contributed by atoms with E-state index in [0.717, 1.165) is 0 Å². The predicted molar refractivity (Wildman–Crippen MR) is 110 cm³/mol. The first kappa shape index (κ1) is 29.5. The first-order chi connectivity index (χ1) is 15.0. The van der Waals surface area contributed by atoms with E-state index in [1.807, 2.05) is 0 Å². The zero-order chi connectivity index (χ0) is 26.0. The number of hydrogen-bond donors (Lipinski definition) is 1. The lowest BCUT2D eigenvalue weighted by atomic mass is 9.70. The third-order valence-electron chi connectivity index (χ3n) is 4.85. The van der Waals surface area contributed by atoms with Crippen LogP contribution in [0.1, 0.15) is 38.2 Å². The molecule has 33 heavy (non-hydrogen) atoms. The van der Waals surface area contributed by atoms with Crippen LogP contribution < -0.4 is 0 Å². The first-order valence-electron chi connectivity index (χ1n) is 8.96. The van der Waals surface area contributed by atoms with Gasteiger partial charge in [-0.2, -0.15) is 34.8 Å². The summed E-state index contributed by atoms with van der Waals surface area (Å²) >= 11 is 0. The second-order valence-electron chi connectivity index (χ2n) is 6.73. The van der Waals surface area contributed by atoms with Gasteiger partial charge in [-0.25, -0.2) is 4.79 Å². The van der Waals surface area contributed by atoms with E-state index < -0.39 is 58.0 Å². The number of carbonyl (C=O) groups excluding carboxylic acids is 1. The summed E-state index contributed by atoms with van der Waals surface area (Å²) in [6.45, 7) is 0. The quantitative estimate of drug-likeness (QED) is 0.244. The number of hydrogen-bond acceptors (Lipinski definition) is 4. The molecule has 0 bridgehead atoms. The molecule has 0 heterocycles. The minimum absolute atomic E-state index is 0.0315. The Bertz CT molecular complexity index is 950. The van der Waals surface area contributed by atoms with Crippen LogP contribution in [0.3, 0.4) is 0 Å². The summed E-state index contributed by atoms with van der Waals surface area (Å²) < 4.78 is 116. The van der Waals surface area contributed by atoms with Crippen molar-refractivity contribution in [1.82, 2.24) is 0 Å². The molecule has 1 aromatic carbocycles. The molecule has 1 N–H and O–H groups in total. The van der Waals surface area contributed by atoms with Gasteiger partial charge in [0.15, 0.2) is 0 Å². The van der Waals surface area contributed by atoms with Gasteiger partial charge in [0, 0.05) is 0 Å². The molecule has 0 aliphatic carbocycles. The summed E-state index contributed by atoms with van der Waals surface area (Å²) in [5, 5.41) is 0. The minimum atomic E-state index is -6.51. The van der Waals surface area contributed by atoms with Gasteiger partial charge in [0.05, 0.1) is 44.8 Å². The van der Waals surface area contributed by atoms with Gasteiger partial charge in [0.1, 0.15) is 5.75 Å². The lowest BCUT2D eigenvalue weighted by Crippen LogP contribution is -2.63. The van der Waals surface area contributed by atoms with Gasteiger partial charge in [-0.1, -0.05) is 48.3 Å². The highest BCUT2D eigenvalue weighted by Gasteiger charge is 2.76. The number of halogens is 6. The average Bonchev–Trinajstić information content (AvgIpc) is 2.67. The molecule has 5 nitrogen and oxygen atoms in total. The summed E-state index contributed by atoms with van der Waals surface area (Å²) in [6, 6.07) is 0. The van der Waals surface area contributed by atoms with Crippen LogP contribution >= 0.6 is 0 Å². The van der Waals surface area contributed by atoms with E-state index in [9.17, 15) is 39.6 Å². The molecule has 0 saturated carbocycles. The zero-order valence-corrected chi connectivity index (χ0v) is 17.7. The molecule has 0 atom stereocenters. The van der Waals surface area contributed by atoms with E-state index in [1.54, 1.807) is 0 Å². The molecule has 17 heteroatoms. The summed E-state index contributed by atoms with van der Waals surface area (Å²) in [5.41, 5.74) is -6.79. The van der Waals surface area contributed by atoms with E-state index >= 15 is 0 Å². The molecule has 0 aliphatic heterocycles. The number of alkyl halides is 6. The molecular formula is C16H13B5F6O5S. The topological polar surface area (TPSA) is 80.7 Å². The Balaban J connectivity index is 4.02. The molecule has 0 aliphatic rings. The molecule has 1 rings (SSSR count). The number of ether oxygens (including phenoxy) is 1. The van der Waals surface area contributed by atoms with Crippen molar-refractivity contribution in [2.45, 2.75) is 49.6 Å². The summed E-state index contributed by atoms with van der Waals surface area (Å²) in [6.07, 6.45) is -15.2. The Morgan fingerprint density at radius 2 is 1.03 bits per heavy atom. The predicted octanol–water partition coefficient (Wildman–Crippen LogP) is 0.937. The highest BCUT2D eigenvalue weighted by molar-refractivity contribution is 7.85. The minimum Gasteiger partial charge on any atom is -0.435 e. The lowest BCUT2D eigenvalue weighted by Gasteiger charge is -2.36. The van der Waals surface area contributed by atoms with Crippen molar-refractivity contribution in [2.75, 3.05) is 5.75 Å². The highest BCUT2D eigenvalue weighted by Crippen LogP contribution is 2.47. The van der Waals surface area contributed by atoms with Crippen LogP contribution in [0.5, 0.6) is 0 Å². The first-order valence-corrected chi connectivity index (χ1v) is 10.6. The van der Waals surface area contributed by atoms with Crippen LogP contribution in [-0.2, 0) is 46.5 Å². The third-order valence-corrected chi connectivity index (χ3v) is 5.63. The maximum atomic E-state index is 13.6. The summed E-state index contributed by atoms with van der Waals surface area (Å²) in [5.74, 6) is -5.29. The Morgan fingerprint density at radius 1 is 0.727 bits per heavy atom. The molecule has 1 aromatic rings. The van der Waals surface area contributed by atoms with Crippen molar-refractivity contribution in [2.24, 2.45) is 0 Å². The van der Waals surface area contributed by atoms with E-state index in [1.165, 1.54) is 0 Å². The summed E-state index contributed by atoms with van der Waals surface area (Å²) in [4.78, 5) is 12.8. The molecule has 0 aromatic heterocycles. The zero-order valence-electron chi connectivity index (χ0n) is 16.9. The van der Waals surface area contributed by atoms with Crippen molar-refractivity contribution < 1.29 is 48.8 Å². The van der Waals surface area contributed by atoms with Gasteiger partial charge in [-0.05, 0) is 11.1 Å². The molecular weight excluding hydrogens is 472 g/mol. The normalized spacial score (nSPS) is 13.2. The Kier molecular flexibility index (Phi) is 9.32. The highest BCUT2D eigenvalue weighted by atomic mass is 32.2. The molecule has 10 radical (unpaired) electrons. The van der Waals surface area contributed by atoms with Gasteiger partial charge in [0.25, 0.3) is 10.1 Å². The Morgan fingerprint density at radius 3 is 1.27 bits per heavy atom. The van der Waals surface area contributed by atoms with Crippen molar-refractivity contribution in [1.29, 1.82) is 0 Å². The fourth-order valence-corrected chi connectivity index (χ4v) is 4.30. The molecule has 0 spiro atoms. The van der Waals surface area contributed by atoms with E-state index in [2.05, 4.69) is 4.74 Å². The van der Waals surface area contributed by atoms with E-state index in [0.29, 0.717) is 0 Å². The summed E-state index contributed by atoms with van der Waals surface area (Å²) in [7, 11) is 22.1. The van der Waals surface area contributed by atoms with Crippen LogP contribution in [0.4, 0.5) is 26.3 Å². The Labute approximate surface area is 193 Å². The van der Waals surface area contributed by atoms with E-state index in [4.69, 9.17) is 43.8 Å². The van der Waals surface area contributed by atoms with Crippen molar-refractivity contribution in [3.05, 3.63) is 33.4 Å². The Hall–Kier alpha value is -1.50. The standard InChI is InChI=1S/C16H13B5F6O5S/c17-1-7-8(2-18)10(4-20)12(11(5-21)9(7)3-19)13(28)32-14(15(22,23)24,16(25,26)27)6-33(29,30)31/h1-6H2,(H,29,30,31). The van der Waals surface area contributed by atoms with Gasteiger partial charge in [0.2, 0.25) is 0 Å². The van der Waals surface area contributed by atoms with Crippen LogP contribution in [-0.4, -0.2) is 81.9 Å². The smallest absolute Gasteiger partial charge is 0.435 e. The largest absolute Gasteiger partial charge is 0.438 e. The maximum absolute atomic E-state index is 13.6. The molecule has 0 amide bonds. The third kappa shape index (κ3) is 5.78. The fourth-order valence-electron chi connectivity index (χ4n) is 3.40. The molecule has 0 saturated heterocycles.